The minimum atomic E-state index is -1.84. The number of aliphatic hydroxyl groups excluding tert-OH is 1. The van der Waals surface area contributed by atoms with Crippen molar-refractivity contribution in [2.24, 2.45) is 28.9 Å². The Bertz CT molecular complexity index is 5040. The van der Waals surface area contributed by atoms with Crippen LogP contribution in [-0.4, -0.2) is 307 Å². The number of aliphatic hydroxyl groups is 1. The molecule has 21 N–H and O–H groups in total. The van der Waals surface area contributed by atoms with Gasteiger partial charge in [-0.2, -0.15) is 0 Å². The molecule has 3 aromatic carbocycles. The number of aromatic amines is 1. The van der Waals surface area contributed by atoms with E-state index in [4.69, 9.17) is 27.7 Å². The third-order valence-corrected chi connectivity index (χ3v) is 24.6. The van der Waals surface area contributed by atoms with Crippen molar-refractivity contribution in [1.29, 1.82) is 0 Å². The van der Waals surface area contributed by atoms with Crippen LogP contribution in [0.25, 0.3) is 21.8 Å². The lowest BCUT2D eigenvalue weighted by Gasteiger charge is -2.38. The number of carbonyl (C=O) groups excluding carboxylic acids is 16. The summed E-state index contributed by atoms with van der Waals surface area (Å²) in [4.78, 5) is 270. The fraction of sp³-hybridized carbons (Fsp3) is 0.560. The SMILES string of the molecule is CCCC[C@H]1C(=O)N(C)[C@@H](CCCC)C(=O)N[C@@H](CC(C)C)C(=O)N[C@H](C(N)=O)COCC(=O)N[C@@H](Cc2ccc(C)cc2)C(=O)N2CCCC[C@H]2C(=O)N[C@@H](CC(N)=O)C(=O)N2CCC[C@H]2C(=O)N[C@@H](CN)C(=O)N[C@@H](CCC(=O)O)C(=O)N2C[C@H](O)C[C@H]2C(=O)N[C@@H](Cc2c[nH]c3ccccc23)C(=O)N[C@@H](CCN)C(=O)N[C@@H](Cc2cn(CC(=O)O)c3ccccc23)C(=O)N1C. The Kier molecular flexibility index (Phi) is 38.2. The van der Waals surface area contributed by atoms with Crippen LogP contribution in [0, 0.1) is 12.8 Å². The number of carboxylic acids is 2. The van der Waals surface area contributed by atoms with Gasteiger partial charge in [-0.25, -0.2) is 0 Å². The van der Waals surface area contributed by atoms with E-state index >= 15 is 38.4 Å². The first-order valence-corrected chi connectivity index (χ1v) is 45.4. The molecule has 15 atom stereocenters. The number of aliphatic carboxylic acids is 2. The summed E-state index contributed by atoms with van der Waals surface area (Å²) in [6.45, 7) is 5.18. The molecule has 0 spiro atoms. The van der Waals surface area contributed by atoms with Crippen molar-refractivity contribution in [3.63, 3.8) is 0 Å². The van der Waals surface area contributed by atoms with Crippen molar-refractivity contribution >= 4 is 128 Å². The van der Waals surface area contributed by atoms with Crippen LogP contribution in [0.5, 0.6) is 0 Å². The quantitative estimate of drug-likeness (QED) is 0.0297. The Labute approximate surface area is 769 Å². The molecule has 42 heteroatoms. The predicted octanol–water partition coefficient (Wildman–Crippen LogP) is -2.12. The van der Waals surface area contributed by atoms with Gasteiger partial charge in [0, 0.05) is 107 Å². The van der Waals surface area contributed by atoms with Gasteiger partial charge in [-0.05, 0) is 112 Å². The number of nitrogens with one attached hydrogen (secondary N) is 10. The number of likely N-dealkylation sites (N-methyl/N-ethyl adjacent to an activating group) is 2. The van der Waals surface area contributed by atoms with Crippen LogP contribution < -0.4 is 70.8 Å². The monoisotopic (exact) mass is 1850 g/mol. The smallest absolute Gasteiger partial charge is 0.323 e. The number of piperidine rings is 1. The molecular weight excluding hydrogens is 1730 g/mol. The van der Waals surface area contributed by atoms with Gasteiger partial charge in [0.2, 0.25) is 94.5 Å². The molecule has 133 heavy (non-hydrogen) atoms. The number of nitrogens with zero attached hydrogens (tertiary/aromatic N) is 6. The van der Waals surface area contributed by atoms with Crippen molar-refractivity contribution in [2.45, 2.75) is 260 Å². The van der Waals surface area contributed by atoms with E-state index in [-0.39, 0.29) is 89.8 Å². The molecule has 42 nitrogen and oxygen atoms in total. The molecule has 0 saturated carbocycles. The number of unbranched alkanes of at least 4 members (excludes halogenated alkanes) is 2. The first-order valence-electron chi connectivity index (χ1n) is 45.4. The molecule has 0 radical (unpaired) electrons. The van der Waals surface area contributed by atoms with Crippen LogP contribution in [0.1, 0.15) is 159 Å². The van der Waals surface area contributed by atoms with Crippen LogP contribution in [-0.2, 0) is 117 Å². The summed E-state index contributed by atoms with van der Waals surface area (Å²) in [5.41, 5.74) is 27.3. The summed E-state index contributed by atoms with van der Waals surface area (Å²) in [5, 5.41) is 56.3. The number of aromatic nitrogens is 2. The van der Waals surface area contributed by atoms with E-state index in [0.29, 0.717) is 77.0 Å². The van der Waals surface area contributed by atoms with Gasteiger partial charge >= 0.3 is 11.9 Å². The predicted molar refractivity (Wildman–Crippen MR) is 483 cm³/mol. The number of nitrogens with two attached hydrogens (primary N) is 4. The van der Waals surface area contributed by atoms with E-state index in [1.165, 1.54) is 34.7 Å². The highest BCUT2D eigenvalue weighted by Gasteiger charge is 2.47. The molecule has 4 aliphatic rings. The number of primary amides is 2. The highest BCUT2D eigenvalue weighted by molar-refractivity contribution is 6.02. The Balaban J connectivity index is 1.10. The fourth-order valence-corrected chi connectivity index (χ4v) is 17.5. The minimum absolute atomic E-state index is 0.0165. The third-order valence-electron chi connectivity index (χ3n) is 24.6. The molecule has 9 rings (SSSR count). The second kappa shape index (κ2) is 49.0. The normalized spacial score (nSPS) is 25.5. The molecular formula is C91H128N20O22. The lowest BCUT2D eigenvalue weighted by molar-refractivity contribution is -0.149. The molecule has 6 heterocycles. The lowest BCUT2D eigenvalue weighted by atomic mass is 9.97. The molecule has 4 aliphatic heterocycles. The fourth-order valence-electron chi connectivity index (χ4n) is 17.5. The van der Waals surface area contributed by atoms with Gasteiger partial charge in [0.1, 0.15) is 97.7 Å². The van der Waals surface area contributed by atoms with E-state index in [1.807, 2.05) is 20.8 Å². The number of carbonyl (C=O) groups is 18. The second-order valence-corrected chi connectivity index (χ2v) is 35.1. The average Bonchev–Trinajstić information content (AvgIpc) is 1.65. The summed E-state index contributed by atoms with van der Waals surface area (Å²) in [6, 6.07) is -1.40. The number of amides is 16. The number of benzene rings is 3. The van der Waals surface area contributed by atoms with E-state index in [2.05, 4.69) is 52.8 Å². The van der Waals surface area contributed by atoms with Crippen molar-refractivity contribution in [3.8, 4) is 0 Å². The van der Waals surface area contributed by atoms with Crippen LogP contribution in [0.15, 0.2) is 85.2 Å². The zero-order valence-electron chi connectivity index (χ0n) is 76.2. The molecule has 5 aromatic rings. The Morgan fingerprint density at radius 1 is 0.519 bits per heavy atom. The first-order chi connectivity index (χ1) is 63.3. The summed E-state index contributed by atoms with van der Waals surface area (Å²) in [5.74, 6) is -18.4. The molecule has 0 unspecified atom stereocenters. The van der Waals surface area contributed by atoms with Gasteiger partial charge in [-0.1, -0.05) is 120 Å². The summed E-state index contributed by atoms with van der Waals surface area (Å²) >= 11 is 0. The van der Waals surface area contributed by atoms with Crippen molar-refractivity contribution in [2.75, 3.05) is 60.0 Å². The molecule has 4 fully saturated rings. The van der Waals surface area contributed by atoms with Gasteiger partial charge in [0.15, 0.2) is 0 Å². The number of H-pyrrole nitrogens is 1. The molecule has 0 aliphatic carbocycles. The zero-order chi connectivity index (χ0) is 97.2. The summed E-state index contributed by atoms with van der Waals surface area (Å²) < 4.78 is 7.19. The molecule has 0 bridgehead atoms. The molecule has 2 aromatic heterocycles. The van der Waals surface area contributed by atoms with Gasteiger partial charge < -0.3 is 125 Å². The number of hydrogen-bond donors (Lipinski definition) is 17. The molecule has 724 valence electrons. The maximum absolute atomic E-state index is 15.9. The lowest BCUT2D eigenvalue weighted by Crippen LogP contribution is -2.62. The van der Waals surface area contributed by atoms with Crippen LogP contribution >= 0.6 is 0 Å². The maximum Gasteiger partial charge on any atom is 0.323 e. The Hall–Kier alpha value is -13.0. The number of ether oxygens (including phenoxy) is 1. The number of rotatable bonds is 25. The summed E-state index contributed by atoms with van der Waals surface area (Å²) in [6.07, 6.45) is 0.189. The number of carboxylic acid groups (broad SMARTS) is 2. The van der Waals surface area contributed by atoms with Crippen LogP contribution in [0.2, 0.25) is 0 Å². The van der Waals surface area contributed by atoms with E-state index < -0.39 is 256 Å². The van der Waals surface area contributed by atoms with E-state index in [9.17, 15) is 63.3 Å². The van der Waals surface area contributed by atoms with Crippen molar-refractivity contribution in [3.05, 3.63) is 107 Å². The van der Waals surface area contributed by atoms with Gasteiger partial charge in [0.05, 0.1) is 19.1 Å². The van der Waals surface area contributed by atoms with Crippen LogP contribution in [0.4, 0.5) is 0 Å². The largest absolute Gasteiger partial charge is 0.481 e. The molecule has 16 amide bonds. The maximum atomic E-state index is 15.9. The van der Waals surface area contributed by atoms with Crippen molar-refractivity contribution in [1.82, 2.24) is 81.9 Å². The van der Waals surface area contributed by atoms with Crippen molar-refractivity contribution < 1.29 is 106 Å². The highest BCUT2D eigenvalue weighted by atomic mass is 16.5. The zero-order valence-corrected chi connectivity index (χ0v) is 76.2. The third kappa shape index (κ3) is 28.1. The van der Waals surface area contributed by atoms with Gasteiger partial charge in [0.25, 0.3) is 0 Å². The van der Waals surface area contributed by atoms with E-state index in [0.717, 1.165) is 20.3 Å². The number of fused-ring (bicyclic) bond motifs is 5. The minimum Gasteiger partial charge on any atom is -0.481 e. The number of para-hydroxylation sites is 2. The Morgan fingerprint density at radius 2 is 1.06 bits per heavy atom. The van der Waals surface area contributed by atoms with Gasteiger partial charge in [-0.15, -0.1) is 0 Å². The standard InChI is InChI=1S/C91H128N20O22/c1-8-10-22-69-83(124)100-61(37-50(3)4)80(121)105-67(78(95)119)48-133-49-75(114)97-63(38-52-29-27-51(5)28-30-52)89(130)109-35-17-16-25-70(109)84(125)103-65(42-74(94)113)90(131)110-36-18-26-71(110)85(126)104-66(43-93)82(123)99-60(31-32-76(115)116)88(129)111-46-55(112)41-73(111)86(127)101-62(39-53-44-96-58-21-14-12-19-56(53)58)81(122)98-59(33-34-92)79(120)102-64(87(128)107(7)72(23-11-9-2)91(132)106(69)6)40-54-45-108(47-77(117)118)68-24-15-13-20-57(54)68/h12-15,19-21,24,27-30,44-45,50,55,59-67,69-73,96,112H,8-11,16-18,22-23,25-26,31-43,46-49,92-93H2,1-7H3,(H2,94,113)(H2,95,119)(H,97,114)(H,98,122)(H,99,123)(H,100,124)(H,101,127)(H,102,120)(H,103,125)(H,104,126)(H,105,121)(H,115,116)(H,117,118)/t55-,59+,60+,61+,62+,63+,64+,65+,66+,67+,69+,70+,71+,72+,73+/m1/s1. The summed E-state index contributed by atoms with van der Waals surface area (Å²) in [7, 11) is 2.69. The van der Waals surface area contributed by atoms with Gasteiger partial charge in [-0.3, -0.25) is 86.3 Å². The number of aryl methyl sites for hydroxylation is 1. The second-order valence-electron chi connectivity index (χ2n) is 35.1. The average molecular weight is 1850 g/mol. The first kappa shape index (κ1) is 104. The number of hydrogen-bond acceptors (Lipinski definition) is 22. The van der Waals surface area contributed by atoms with E-state index in [1.54, 1.807) is 92.8 Å². The topological polar surface area (TPSA) is 626 Å². The molecule has 4 saturated heterocycles. The highest BCUT2D eigenvalue weighted by Crippen LogP contribution is 2.29. The van der Waals surface area contributed by atoms with Crippen LogP contribution in [0.3, 0.4) is 0 Å². The Morgan fingerprint density at radius 3 is 1.70 bits per heavy atom.